The van der Waals surface area contributed by atoms with Gasteiger partial charge in [-0.25, -0.2) is 13.2 Å². The van der Waals surface area contributed by atoms with Gasteiger partial charge in [0.15, 0.2) is 23.2 Å². The van der Waals surface area contributed by atoms with Crippen molar-refractivity contribution < 1.29 is 18.3 Å². The first-order valence-electron chi connectivity index (χ1n) is 10.2. The molecule has 5 nitrogen and oxygen atoms in total. The highest BCUT2D eigenvalue weighted by Gasteiger charge is 2.26. The van der Waals surface area contributed by atoms with E-state index in [1.807, 2.05) is 0 Å². The van der Waals surface area contributed by atoms with Gasteiger partial charge in [0.25, 0.3) is 10.9 Å². The summed E-state index contributed by atoms with van der Waals surface area (Å²) >= 11 is 6.03. The van der Waals surface area contributed by atoms with E-state index in [9.17, 15) is 27.9 Å². The molecular formula is C25H19Cl2F3N2O3. The highest BCUT2D eigenvalue weighted by atomic mass is 35.5. The van der Waals surface area contributed by atoms with Gasteiger partial charge in [0.1, 0.15) is 5.69 Å². The molecule has 0 bridgehead atoms. The van der Waals surface area contributed by atoms with Crippen LogP contribution in [0, 0.1) is 17.5 Å². The van der Waals surface area contributed by atoms with Crippen LogP contribution in [0.1, 0.15) is 35.7 Å². The standard InChI is InChI=1S/C25H18ClF3N2O3.ClH/c1-12(15-10-11-17(27)20(29)19(15)28)30-21(13-6-8-14(26)9-7-13)16-4-2-3-5-18(16)31-22-23(32)25(34)24(22)33;/h2-12,21,30-32H,1H3;1H. The molecule has 4 rings (SSSR count). The van der Waals surface area contributed by atoms with Gasteiger partial charge in [0, 0.05) is 22.3 Å². The Hall–Kier alpha value is -3.33. The normalized spacial score (nSPS) is 12.7. The third-order valence-electron chi connectivity index (χ3n) is 5.57. The second-order valence-electron chi connectivity index (χ2n) is 7.73. The molecule has 0 spiro atoms. The zero-order chi connectivity index (χ0) is 24.6. The monoisotopic (exact) mass is 522 g/mol. The van der Waals surface area contributed by atoms with Crippen LogP contribution < -0.4 is 21.5 Å². The van der Waals surface area contributed by atoms with E-state index in [-0.39, 0.29) is 23.7 Å². The largest absolute Gasteiger partial charge is 0.502 e. The Balaban J connectivity index is 0.00000342. The highest BCUT2D eigenvalue weighted by molar-refractivity contribution is 6.30. The summed E-state index contributed by atoms with van der Waals surface area (Å²) in [6.07, 6.45) is 0. The molecule has 0 fully saturated rings. The minimum atomic E-state index is -1.56. The fourth-order valence-electron chi connectivity index (χ4n) is 3.73. The van der Waals surface area contributed by atoms with Crippen LogP contribution in [0.2, 0.25) is 5.02 Å². The first kappa shape index (κ1) is 26.3. The fourth-order valence-corrected chi connectivity index (χ4v) is 3.85. The molecule has 0 radical (unpaired) electrons. The number of para-hydroxylation sites is 1. The van der Waals surface area contributed by atoms with Crippen molar-refractivity contribution >= 4 is 35.4 Å². The first-order valence-corrected chi connectivity index (χ1v) is 10.6. The van der Waals surface area contributed by atoms with Gasteiger partial charge >= 0.3 is 0 Å². The molecule has 0 aliphatic heterocycles. The van der Waals surface area contributed by atoms with Gasteiger partial charge < -0.3 is 10.4 Å². The van der Waals surface area contributed by atoms with Gasteiger partial charge in [-0.2, -0.15) is 0 Å². The van der Waals surface area contributed by atoms with Crippen molar-refractivity contribution in [3.05, 3.63) is 120 Å². The number of hydrogen-bond acceptors (Lipinski definition) is 5. The number of benzene rings is 3. The Morgan fingerprint density at radius 2 is 1.51 bits per heavy atom. The smallest absolute Gasteiger partial charge is 0.271 e. The molecule has 0 heterocycles. The quantitative estimate of drug-likeness (QED) is 0.215. The van der Waals surface area contributed by atoms with Crippen LogP contribution in [0.4, 0.5) is 24.5 Å². The van der Waals surface area contributed by atoms with E-state index in [0.717, 1.165) is 12.1 Å². The second kappa shape index (κ2) is 10.5. The number of halogens is 5. The summed E-state index contributed by atoms with van der Waals surface area (Å²) in [6, 6.07) is 14.2. The van der Waals surface area contributed by atoms with Crippen molar-refractivity contribution in [2.75, 3.05) is 5.32 Å². The van der Waals surface area contributed by atoms with Crippen molar-refractivity contribution in [2.45, 2.75) is 19.0 Å². The molecule has 4 aromatic rings. The summed E-state index contributed by atoms with van der Waals surface area (Å²) in [5.74, 6) is -4.81. The van der Waals surface area contributed by atoms with Crippen molar-refractivity contribution in [3.8, 4) is 5.75 Å². The number of hydrogen-bond donors (Lipinski definition) is 3. The predicted octanol–water partition coefficient (Wildman–Crippen LogP) is 5.66. The Labute approximate surface area is 209 Å². The van der Waals surface area contributed by atoms with Gasteiger partial charge in [-0.3, -0.25) is 14.9 Å². The Morgan fingerprint density at radius 3 is 2.17 bits per heavy atom. The summed E-state index contributed by atoms with van der Waals surface area (Å²) in [7, 11) is 0. The lowest BCUT2D eigenvalue weighted by Crippen LogP contribution is -2.33. The summed E-state index contributed by atoms with van der Waals surface area (Å²) in [5.41, 5.74) is -0.462. The van der Waals surface area contributed by atoms with E-state index in [4.69, 9.17) is 11.6 Å². The van der Waals surface area contributed by atoms with Gasteiger partial charge in [-0.15, -0.1) is 12.4 Å². The topological polar surface area (TPSA) is 78.4 Å². The zero-order valence-corrected chi connectivity index (χ0v) is 19.7. The summed E-state index contributed by atoms with van der Waals surface area (Å²) < 4.78 is 41.7. The highest BCUT2D eigenvalue weighted by Crippen LogP contribution is 2.34. The maximum atomic E-state index is 14.5. The molecule has 0 saturated carbocycles. The average Bonchev–Trinajstić information content (AvgIpc) is 2.84. The van der Waals surface area contributed by atoms with Crippen LogP contribution in [-0.4, -0.2) is 5.11 Å². The van der Waals surface area contributed by atoms with Crippen LogP contribution in [-0.2, 0) is 0 Å². The minimum Gasteiger partial charge on any atom is -0.502 e. The third kappa shape index (κ3) is 5.05. The molecule has 0 saturated heterocycles. The van der Waals surface area contributed by atoms with Crippen molar-refractivity contribution in [2.24, 2.45) is 0 Å². The van der Waals surface area contributed by atoms with Gasteiger partial charge in [0.2, 0.25) is 0 Å². The number of aromatic hydroxyl groups is 1. The molecule has 182 valence electrons. The average molecular weight is 523 g/mol. The molecule has 0 amide bonds. The van der Waals surface area contributed by atoms with Gasteiger partial charge in [0.05, 0.1) is 6.04 Å². The summed E-state index contributed by atoms with van der Waals surface area (Å²) in [6.45, 7) is 1.59. The van der Waals surface area contributed by atoms with Gasteiger partial charge in [-0.1, -0.05) is 48.0 Å². The van der Waals surface area contributed by atoms with E-state index in [0.29, 0.717) is 21.8 Å². The van der Waals surface area contributed by atoms with Crippen LogP contribution in [0.15, 0.2) is 70.3 Å². The molecule has 35 heavy (non-hydrogen) atoms. The zero-order valence-electron chi connectivity index (χ0n) is 18.1. The summed E-state index contributed by atoms with van der Waals surface area (Å²) in [5, 5.41) is 16.3. The molecular weight excluding hydrogens is 504 g/mol. The lowest BCUT2D eigenvalue weighted by molar-refractivity contribution is 0.423. The van der Waals surface area contributed by atoms with Crippen LogP contribution in [0.3, 0.4) is 0 Å². The van der Waals surface area contributed by atoms with Crippen molar-refractivity contribution in [1.82, 2.24) is 5.32 Å². The third-order valence-corrected chi connectivity index (χ3v) is 5.82. The molecule has 3 N–H and O–H groups in total. The Kier molecular flexibility index (Phi) is 7.90. The lowest BCUT2D eigenvalue weighted by atomic mass is 9.94. The first-order chi connectivity index (χ1) is 16.2. The van der Waals surface area contributed by atoms with E-state index in [2.05, 4.69) is 10.6 Å². The molecule has 0 aliphatic rings. The number of anilines is 2. The van der Waals surface area contributed by atoms with E-state index in [1.165, 1.54) is 0 Å². The second-order valence-corrected chi connectivity index (χ2v) is 8.17. The molecule has 4 aromatic carbocycles. The molecule has 0 aromatic heterocycles. The molecule has 0 aliphatic carbocycles. The predicted molar refractivity (Wildman–Crippen MR) is 131 cm³/mol. The number of nitrogens with one attached hydrogen (secondary N) is 2. The van der Waals surface area contributed by atoms with Crippen LogP contribution in [0.25, 0.3) is 0 Å². The lowest BCUT2D eigenvalue weighted by Gasteiger charge is -2.27. The van der Waals surface area contributed by atoms with Gasteiger partial charge in [-0.05, 0) is 42.3 Å². The fraction of sp³-hybridized carbons (Fsp3) is 0.120. The van der Waals surface area contributed by atoms with E-state index < -0.39 is 46.1 Å². The molecule has 2 atom stereocenters. The molecule has 10 heteroatoms. The Morgan fingerprint density at radius 1 is 0.857 bits per heavy atom. The van der Waals surface area contributed by atoms with Crippen molar-refractivity contribution in [1.29, 1.82) is 0 Å². The van der Waals surface area contributed by atoms with E-state index in [1.54, 1.807) is 55.5 Å². The Bertz CT molecular complexity index is 1440. The molecule has 2 unspecified atom stereocenters. The van der Waals surface area contributed by atoms with Crippen molar-refractivity contribution in [3.63, 3.8) is 0 Å². The summed E-state index contributed by atoms with van der Waals surface area (Å²) in [4.78, 5) is 23.3. The number of rotatable bonds is 7. The maximum absolute atomic E-state index is 14.5. The van der Waals surface area contributed by atoms with Crippen LogP contribution in [0.5, 0.6) is 5.75 Å². The van der Waals surface area contributed by atoms with Crippen LogP contribution >= 0.6 is 24.0 Å². The minimum absolute atomic E-state index is 0. The van der Waals surface area contributed by atoms with E-state index >= 15 is 0 Å². The maximum Gasteiger partial charge on any atom is 0.271 e. The SMILES string of the molecule is CC(NC(c1ccc(Cl)cc1)c1ccccc1Nc1c(O)c(=O)c1=O)c1ccc(F)c(F)c1F.Cl.